The van der Waals surface area contributed by atoms with Crippen molar-refractivity contribution < 1.29 is 23.8 Å². The van der Waals surface area contributed by atoms with Crippen molar-refractivity contribution >= 4 is 39.7 Å². The van der Waals surface area contributed by atoms with E-state index in [1.54, 1.807) is 53.9 Å². The third kappa shape index (κ3) is 4.34. The number of hydrogen-bond donors (Lipinski definition) is 0. The van der Waals surface area contributed by atoms with Crippen LogP contribution in [0.2, 0.25) is 0 Å². The van der Waals surface area contributed by atoms with Crippen LogP contribution in [0.4, 0.5) is 0 Å². The van der Waals surface area contributed by atoms with Gasteiger partial charge in [0.15, 0.2) is 23.9 Å². The van der Waals surface area contributed by atoms with E-state index >= 15 is 0 Å². The van der Waals surface area contributed by atoms with Gasteiger partial charge in [0.1, 0.15) is 4.38 Å². The smallest absolute Gasteiger partial charge is 0.338 e. The van der Waals surface area contributed by atoms with Crippen LogP contribution in [-0.2, 0) is 10.5 Å². The number of nitrogens with zero attached hydrogens (tertiary/aromatic N) is 1. The molecule has 0 aliphatic carbocycles. The largest absolute Gasteiger partial charge is 0.454 e. The highest BCUT2D eigenvalue weighted by Gasteiger charge is 2.19. The molecular formula is C20H17NO5S2. The van der Waals surface area contributed by atoms with Gasteiger partial charge in [0.2, 0.25) is 6.79 Å². The molecule has 0 bridgehead atoms. The summed E-state index contributed by atoms with van der Waals surface area (Å²) in [7, 11) is 0. The SMILES string of the molecule is O=C(COC(=O)c1ccccc1CSC1=NCCS1)c1ccc2c(c1)OCO2. The Morgan fingerprint density at radius 3 is 2.86 bits per heavy atom. The molecule has 4 rings (SSSR count). The van der Waals surface area contributed by atoms with Crippen LogP contribution in [0.5, 0.6) is 11.5 Å². The van der Waals surface area contributed by atoms with Gasteiger partial charge in [-0.1, -0.05) is 41.7 Å². The first-order valence-corrected chi connectivity index (χ1v) is 10.7. The minimum Gasteiger partial charge on any atom is -0.454 e. The Balaban J connectivity index is 1.37. The number of esters is 1. The van der Waals surface area contributed by atoms with Gasteiger partial charge in [0.05, 0.1) is 12.1 Å². The van der Waals surface area contributed by atoms with Crippen molar-refractivity contribution in [1.82, 2.24) is 0 Å². The quantitative estimate of drug-likeness (QED) is 0.525. The van der Waals surface area contributed by atoms with Gasteiger partial charge in [-0.05, 0) is 29.8 Å². The van der Waals surface area contributed by atoms with Gasteiger partial charge in [0, 0.05) is 17.1 Å². The molecule has 0 spiro atoms. The van der Waals surface area contributed by atoms with E-state index < -0.39 is 5.97 Å². The van der Waals surface area contributed by atoms with Gasteiger partial charge < -0.3 is 14.2 Å². The van der Waals surface area contributed by atoms with E-state index in [2.05, 4.69) is 4.99 Å². The molecule has 2 heterocycles. The molecule has 6 nitrogen and oxygen atoms in total. The summed E-state index contributed by atoms with van der Waals surface area (Å²) in [6.07, 6.45) is 0. The molecule has 0 amide bonds. The van der Waals surface area contributed by atoms with Crippen LogP contribution in [0.15, 0.2) is 47.5 Å². The van der Waals surface area contributed by atoms with Crippen LogP contribution in [-0.4, -0.2) is 41.8 Å². The van der Waals surface area contributed by atoms with E-state index in [0.717, 1.165) is 22.2 Å². The fourth-order valence-corrected chi connectivity index (χ4v) is 4.76. The van der Waals surface area contributed by atoms with E-state index in [9.17, 15) is 9.59 Å². The van der Waals surface area contributed by atoms with Crippen LogP contribution in [0.25, 0.3) is 0 Å². The second-order valence-corrected chi connectivity index (χ2v) is 8.32. The number of carbonyl (C=O) groups is 2. The zero-order valence-electron chi connectivity index (χ0n) is 14.9. The van der Waals surface area contributed by atoms with Gasteiger partial charge in [-0.2, -0.15) is 0 Å². The molecule has 0 atom stereocenters. The summed E-state index contributed by atoms with van der Waals surface area (Å²) in [4.78, 5) is 29.3. The van der Waals surface area contributed by atoms with Crippen molar-refractivity contribution in [3.05, 3.63) is 59.2 Å². The van der Waals surface area contributed by atoms with Crippen LogP contribution < -0.4 is 9.47 Å². The van der Waals surface area contributed by atoms with Crippen molar-refractivity contribution in [2.24, 2.45) is 4.99 Å². The second-order valence-electron chi connectivity index (χ2n) is 6.01. The van der Waals surface area contributed by atoms with Gasteiger partial charge in [-0.15, -0.1) is 0 Å². The lowest BCUT2D eigenvalue weighted by atomic mass is 10.1. The fraction of sp³-hybridized carbons (Fsp3) is 0.250. The summed E-state index contributed by atoms with van der Waals surface area (Å²) in [5.74, 6) is 1.96. The van der Waals surface area contributed by atoms with Gasteiger partial charge in [0.25, 0.3) is 0 Å². The summed E-state index contributed by atoms with van der Waals surface area (Å²) < 4.78 is 16.8. The zero-order valence-corrected chi connectivity index (χ0v) is 16.5. The number of ether oxygens (including phenoxy) is 3. The lowest BCUT2D eigenvalue weighted by molar-refractivity contribution is 0.0474. The molecule has 2 aromatic carbocycles. The van der Waals surface area contributed by atoms with Crippen molar-refractivity contribution in [3.8, 4) is 11.5 Å². The maximum absolute atomic E-state index is 12.5. The topological polar surface area (TPSA) is 74.2 Å². The molecule has 0 N–H and O–H groups in total. The Hall–Kier alpha value is -2.45. The summed E-state index contributed by atoms with van der Waals surface area (Å²) in [6.45, 7) is 0.656. The number of rotatable bonds is 6. The van der Waals surface area contributed by atoms with Crippen LogP contribution in [0.3, 0.4) is 0 Å². The molecule has 8 heteroatoms. The standard InChI is InChI=1S/C20H17NO5S2/c22-16(13-5-6-17-18(9-13)26-12-25-17)10-24-19(23)15-4-2-1-3-14(15)11-28-20-21-7-8-27-20/h1-6,9H,7-8,10-12H2. The van der Waals surface area contributed by atoms with E-state index in [0.29, 0.717) is 28.4 Å². The summed E-state index contributed by atoms with van der Waals surface area (Å²) in [6, 6.07) is 12.2. The minimum atomic E-state index is -0.508. The lowest BCUT2D eigenvalue weighted by Gasteiger charge is -2.09. The normalized spacial score (nSPS) is 14.6. The van der Waals surface area contributed by atoms with Crippen molar-refractivity contribution in [1.29, 1.82) is 0 Å². The average Bonchev–Trinajstić information content (AvgIpc) is 3.41. The number of fused-ring (bicyclic) bond motifs is 1. The maximum atomic E-state index is 12.5. The summed E-state index contributed by atoms with van der Waals surface area (Å²) >= 11 is 3.34. The van der Waals surface area contributed by atoms with Gasteiger partial charge in [-0.25, -0.2) is 4.79 Å². The van der Waals surface area contributed by atoms with E-state index in [1.807, 2.05) is 12.1 Å². The third-order valence-corrected chi connectivity index (χ3v) is 6.48. The van der Waals surface area contributed by atoms with Crippen LogP contribution in [0, 0.1) is 0 Å². The molecule has 2 aliphatic heterocycles. The Bertz CT molecular complexity index is 944. The first-order chi connectivity index (χ1) is 13.7. The highest BCUT2D eigenvalue weighted by molar-refractivity contribution is 8.38. The van der Waals surface area contributed by atoms with Crippen molar-refractivity contribution in [3.63, 3.8) is 0 Å². The molecule has 0 unspecified atom stereocenters. The zero-order chi connectivity index (χ0) is 19.3. The number of thioether (sulfide) groups is 2. The van der Waals surface area contributed by atoms with Crippen LogP contribution >= 0.6 is 23.5 Å². The predicted octanol–water partition coefficient (Wildman–Crippen LogP) is 3.79. The fourth-order valence-electron chi connectivity index (χ4n) is 2.75. The first kappa shape index (κ1) is 18.9. The monoisotopic (exact) mass is 415 g/mol. The Labute approximate surface area is 170 Å². The molecule has 0 saturated heterocycles. The lowest BCUT2D eigenvalue weighted by Crippen LogP contribution is -2.15. The second kappa shape index (κ2) is 8.70. The molecule has 0 saturated carbocycles. The molecule has 0 radical (unpaired) electrons. The first-order valence-electron chi connectivity index (χ1n) is 8.68. The average molecular weight is 415 g/mol. The Kier molecular flexibility index (Phi) is 5.87. The van der Waals surface area contributed by atoms with Gasteiger partial charge in [-0.3, -0.25) is 9.79 Å². The molecule has 0 aromatic heterocycles. The van der Waals surface area contributed by atoms with Crippen molar-refractivity contribution in [2.45, 2.75) is 5.75 Å². The number of aliphatic imine (C=N–C) groups is 1. The highest BCUT2D eigenvalue weighted by Crippen LogP contribution is 2.32. The van der Waals surface area contributed by atoms with Crippen LogP contribution in [0.1, 0.15) is 26.3 Å². The molecule has 2 aromatic rings. The summed E-state index contributed by atoms with van der Waals surface area (Å²) in [5.41, 5.74) is 1.75. The van der Waals surface area contributed by atoms with Gasteiger partial charge >= 0.3 is 5.97 Å². The van der Waals surface area contributed by atoms with E-state index in [-0.39, 0.29) is 19.2 Å². The molecule has 28 heavy (non-hydrogen) atoms. The number of carbonyl (C=O) groups excluding carboxylic acids is 2. The minimum absolute atomic E-state index is 0.141. The number of ketones is 1. The molecular weight excluding hydrogens is 398 g/mol. The maximum Gasteiger partial charge on any atom is 0.338 e. The summed E-state index contributed by atoms with van der Waals surface area (Å²) in [5, 5.41) is 0. The predicted molar refractivity (Wildman–Crippen MR) is 110 cm³/mol. The Morgan fingerprint density at radius 2 is 2.00 bits per heavy atom. The molecule has 0 fully saturated rings. The van der Waals surface area contributed by atoms with E-state index in [4.69, 9.17) is 14.2 Å². The van der Waals surface area contributed by atoms with E-state index in [1.165, 1.54) is 0 Å². The molecule has 2 aliphatic rings. The third-order valence-electron chi connectivity index (χ3n) is 4.18. The number of Topliss-reactive ketones (excluding diaryl/α,β-unsaturated/α-hetero) is 1. The number of benzene rings is 2. The Morgan fingerprint density at radius 1 is 1.14 bits per heavy atom. The molecule has 144 valence electrons. The highest BCUT2D eigenvalue weighted by atomic mass is 32.2. The van der Waals surface area contributed by atoms with Crippen molar-refractivity contribution in [2.75, 3.05) is 25.7 Å². The number of hydrogen-bond acceptors (Lipinski definition) is 8.